The highest BCUT2D eigenvalue weighted by atomic mass is 19.4. The summed E-state index contributed by atoms with van der Waals surface area (Å²) in [5.74, 6) is 1.48. The molecular formula is C98H80F3N17O5. The first-order valence-electron chi connectivity index (χ1n) is 39.8. The molecule has 0 aliphatic carbocycles. The van der Waals surface area contributed by atoms with Gasteiger partial charge in [-0.15, -0.1) is 43.8 Å². The summed E-state index contributed by atoms with van der Waals surface area (Å²) in [6.07, 6.45) is 16.1. The number of aromatic nitrogens is 14. The van der Waals surface area contributed by atoms with Gasteiger partial charge in [-0.25, -0.2) is 0 Å². The van der Waals surface area contributed by atoms with Gasteiger partial charge in [0.05, 0.1) is 48.1 Å². The number of carbonyl (C=O) groups excluding carboxylic acids is 3. The van der Waals surface area contributed by atoms with Gasteiger partial charge in [-0.1, -0.05) is 176 Å². The highest BCUT2D eigenvalue weighted by Gasteiger charge is 2.31. The first kappa shape index (κ1) is 82.6. The van der Waals surface area contributed by atoms with Crippen LogP contribution in [0.2, 0.25) is 0 Å². The van der Waals surface area contributed by atoms with Crippen molar-refractivity contribution < 1.29 is 37.0 Å². The van der Waals surface area contributed by atoms with Crippen molar-refractivity contribution in [2.45, 2.75) is 71.4 Å². The molecule has 7 aromatic carbocycles. The number of aryl methyl sites for hydroxylation is 3. The molecule has 0 aliphatic heterocycles. The van der Waals surface area contributed by atoms with Crippen LogP contribution in [0.5, 0.6) is 5.75 Å². The minimum Gasteiger partial charge on any atom is -0.406 e. The van der Waals surface area contributed by atoms with Crippen LogP contribution in [0.4, 0.5) is 30.6 Å². The first-order chi connectivity index (χ1) is 60.2. The van der Waals surface area contributed by atoms with Crippen LogP contribution >= 0.6 is 0 Å². The minimum absolute atomic E-state index is 0.0161. The van der Waals surface area contributed by atoms with Crippen LogP contribution in [0.25, 0.3) is 99.5 Å². The fourth-order valence-corrected chi connectivity index (χ4v) is 14.1. The van der Waals surface area contributed by atoms with Gasteiger partial charge in [0.2, 0.25) is 0 Å². The van der Waals surface area contributed by atoms with E-state index in [1.807, 2.05) is 183 Å². The number of rotatable bonds is 29. The summed E-state index contributed by atoms with van der Waals surface area (Å²) in [4.78, 5) is 74.0. The molecule has 0 spiro atoms. The monoisotopic (exact) mass is 1630 g/mol. The van der Waals surface area contributed by atoms with Gasteiger partial charge in [0, 0.05) is 167 Å². The Labute approximate surface area is 706 Å². The Bertz CT molecular complexity index is 6500. The standard InChI is InChI=1S/C35H26F3N5O2.C33H27N7O.C30H27N5O2/c36-35(37,38)45-28-15-12-23(13-16-28)14-17-31(44)25-19-26(21-39-20-25)33-30-11-6-10-29(24-7-2-1-3-8-24)32(30)34(43-42-33)41-22-27-9-4-5-18-40-27;1-22-17-37-27(20-36-22)13-14-30(41)24-16-25(19-34-18-24)32-29-12-7-11-28(23-8-3-2-4-9-23)31(29)33(40-39-32)38-21-26-10-5-6-15-35-26;1-37-16-8-14-27(36)22-17-23(19-31-18-22)29-26-13-7-12-25(21-9-3-2-4-10-21)28(26)30(35-34-29)33-20-24-11-5-6-15-32-24/h1-13,15-16,18-21H,14,17,22H2,(H,41,43);2-12,15-20H,13-14,21H2,1H3,(H,38,40);2-7,9-13,15,17-19H,8,14,16,20H2,1H3,(H,33,35). The number of hydrogen-bond donors (Lipinski definition) is 3. The maximum Gasteiger partial charge on any atom is 0.573 e. The number of benzene rings is 7. The molecule has 25 heteroatoms. The van der Waals surface area contributed by atoms with Crippen molar-refractivity contribution >= 4 is 67.1 Å². The predicted molar refractivity (Wildman–Crippen MR) is 470 cm³/mol. The van der Waals surface area contributed by atoms with Gasteiger partial charge < -0.3 is 25.4 Å². The highest BCUT2D eigenvalue weighted by Crippen LogP contribution is 2.41. The van der Waals surface area contributed by atoms with E-state index in [9.17, 15) is 27.6 Å². The number of ether oxygens (including phenoxy) is 2. The molecule has 0 atom stereocenters. The van der Waals surface area contributed by atoms with Crippen LogP contribution in [-0.2, 0) is 37.2 Å². The van der Waals surface area contributed by atoms with Crippen molar-refractivity contribution in [3.63, 3.8) is 0 Å². The van der Waals surface area contributed by atoms with Crippen molar-refractivity contribution in [1.82, 2.24) is 70.5 Å². The first-order valence-corrected chi connectivity index (χ1v) is 39.8. The summed E-state index contributed by atoms with van der Waals surface area (Å²) in [5, 5.41) is 43.3. The van der Waals surface area contributed by atoms with Gasteiger partial charge in [-0.05, 0) is 132 Å². The zero-order valence-electron chi connectivity index (χ0n) is 67.0. The molecule has 17 rings (SSSR count). The molecule has 0 fully saturated rings. The Morgan fingerprint density at radius 3 is 1.10 bits per heavy atom. The van der Waals surface area contributed by atoms with Gasteiger partial charge in [-0.2, -0.15) is 0 Å². The number of Topliss-reactive ketones (excluding diaryl/α,β-unsaturated/α-hetero) is 3. The molecule has 0 bridgehead atoms. The second-order valence-electron chi connectivity index (χ2n) is 28.6. The van der Waals surface area contributed by atoms with Crippen LogP contribution < -0.4 is 20.7 Å². The fraction of sp³-hybridized carbons (Fsp3) is 0.133. The smallest absolute Gasteiger partial charge is 0.406 e. The third-order valence-electron chi connectivity index (χ3n) is 20.2. The number of pyridine rings is 6. The van der Waals surface area contributed by atoms with E-state index in [0.29, 0.717) is 121 Å². The molecule has 0 saturated heterocycles. The lowest BCUT2D eigenvalue weighted by molar-refractivity contribution is -0.274. The van der Waals surface area contributed by atoms with Gasteiger partial charge >= 0.3 is 6.36 Å². The van der Waals surface area contributed by atoms with Gasteiger partial charge in [0.1, 0.15) is 22.8 Å². The number of fused-ring (bicyclic) bond motifs is 3. The lowest BCUT2D eigenvalue weighted by atomic mass is 9.96. The second-order valence-corrected chi connectivity index (χ2v) is 28.6. The maximum absolute atomic E-state index is 13.2. The van der Waals surface area contributed by atoms with Crippen molar-refractivity contribution in [1.29, 1.82) is 0 Å². The summed E-state index contributed by atoms with van der Waals surface area (Å²) in [7, 11) is 1.63. The molecule has 10 aromatic heterocycles. The van der Waals surface area contributed by atoms with Crippen molar-refractivity contribution in [3.8, 4) is 72.9 Å². The minimum atomic E-state index is -4.76. The number of alkyl halides is 3. The molecule has 3 N–H and O–H groups in total. The van der Waals surface area contributed by atoms with E-state index in [-0.39, 0.29) is 29.5 Å². The largest absolute Gasteiger partial charge is 0.573 e. The maximum atomic E-state index is 13.2. The average molecular weight is 1630 g/mol. The molecular weight excluding hydrogens is 1550 g/mol. The van der Waals surface area contributed by atoms with Crippen LogP contribution in [0, 0.1) is 6.92 Å². The number of carbonyl (C=O) groups is 3. The molecule has 0 unspecified atom stereocenters. The number of anilines is 3. The SMILES string of the molecule is COCCCC(=O)c1cncc(-c2nnc(NCc3ccccn3)c3c(-c4ccccc4)cccc23)c1.Cc1cnc(CCC(=O)c2cncc(-c3nnc(NCc4ccccn4)c4c(-c5ccccc5)cccc34)c2)cn1.O=C(CCc1ccc(OC(F)(F)F)cc1)c1cncc(-c2nnc(NCc3ccccn3)c3c(-c4ccccc4)cccc23)c1. The lowest BCUT2D eigenvalue weighted by Gasteiger charge is -2.15. The zero-order valence-corrected chi connectivity index (χ0v) is 67.0. The quantitative estimate of drug-likeness (QED) is 0.0290. The van der Waals surface area contributed by atoms with Crippen molar-refractivity contribution in [2.24, 2.45) is 0 Å². The molecule has 17 aromatic rings. The molecule has 0 saturated carbocycles. The molecule has 0 radical (unpaired) electrons. The summed E-state index contributed by atoms with van der Waals surface area (Å²) in [6, 6.07) is 76.9. The number of halogens is 3. The second kappa shape index (κ2) is 39.8. The Balaban J connectivity index is 0.000000144. The van der Waals surface area contributed by atoms with Crippen LogP contribution in [0.3, 0.4) is 0 Å². The van der Waals surface area contributed by atoms with E-state index in [4.69, 9.17) is 4.74 Å². The summed E-state index contributed by atoms with van der Waals surface area (Å²) < 4.78 is 46.4. The van der Waals surface area contributed by atoms with E-state index in [2.05, 4.69) is 128 Å². The Morgan fingerprint density at radius 2 is 0.740 bits per heavy atom. The summed E-state index contributed by atoms with van der Waals surface area (Å²) in [6.45, 7) is 3.91. The summed E-state index contributed by atoms with van der Waals surface area (Å²) in [5.41, 5.74) is 16.7. The number of nitrogens with zero attached hydrogens (tertiary/aromatic N) is 14. The predicted octanol–water partition coefficient (Wildman–Crippen LogP) is 20.3. The van der Waals surface area contributed by atoms with E-state index in [0.717, 1.165) is 105 Å². The highest BCUT2D eigenvalue weighted by molar-refractivity contribution is 6.12. The average Bonchev–Trinajstić information content (AvgIpc) is 0.770. The van der Waals surface area contributed by atoms with Crippen molar-refractivity contribution in [3.05, 3.63) is 362 Å². The third-order valence-corrected chi connectivity index (χ3v) is 20.2. The Hall–Kier alpha value is -15.5. The fourth-order valence-electron chi connectivity index (χ4n) is 14.1. The van der Waals surface area contributed by atoms with Crippen molar-refractivity contribution in [2.75, 3.05) is 29.7 Å². The van der Waals surface area contributed by atoms with Crippen LogP contribution in [-0.4, -0.2) is 108 Å². The third kappa shape index (κ3) is 21.1. The molecule has 608 valence electrons. The molecule has 123 heavy (non-hydrogen) atoms. The van der Waals surface area contributed by atoms with Crippen LogP contribution in [0.15, 0.2) is 311 Å². The van der Waals surface area contributed by atoms with Gasteiger partial charge in [-0.3, -0.25) is 54.3 Å². The molecule has 0 aliphatic rings. The van der Waals surface area contributed by atoms with E-state index < -0.39 is 6.36 Å². The summed E-state index contributed by atoms with van der Waals surface area (Å²) >= 11 is 0. The molecule has 10 heterocycles. The topological polar surface area (TPSA) is 286 Å². The number of nitrogens with one attached hydrogen (secondary N) is 3. The number of methoxy groups -OCH3 is 1. The Kier molecular flexibility index (Phi) is 26.8. The van der Waals surface area contributed by atoms with Gasteiger partial charge in [0.25, 0.3) is 0 Å². The Morgan fingerprint density at radius 1 is 0.358 bits per heavy atom. The van der Waals surface area contributed by atoms with E-state index in [1.165, 1.54) is 30.5 Å². The number of ketones is 3. The molecule has 0 amide bonds. The van der Waals surface area contributed by atoms with E-state index >= 15 is 0 Å². The van der Waals surface area contributed by atoms with Gasteiger partial charge in [0.15, 0.2) is 34.8 Å². The normalized spacial score (nSPS) is 11.1. The number of hydrogen-bond acceptors (Lipinski definition) is 22. The lowest BCUT2D eigenvalue weighted by Crippen LogP contribution is -2.17. The zero-order chi connectivity index (χ0) is 84.7. The van der Waals surface area contributed by atoms with E-state index in [1.54, 1.807) is 75.1 Å². The molecule has 22 nitrogen and oxygen atoms in total. The van der Waals surface area contributed by atoms with Crippen LogP contribution in [0.1, 0.15) is 90.8 Å².